The van der Waals surface area contributed by atoms with E-state index in [1.54, 1.807) is 25.6 Å². The minimum Gasteiger partial charge on any atom is -0.494 e. The van der Waals surface area contributed by atoms with Crippen LogP contribution in [0.25, 0.3) is 0 Å². The average Bonchev–Trinajstić information content (AvgIpc) is 2.91. The van der Waals surface area contributed by atoms with E-state index in [1.165, 1.54) is 12.1 Å². The van der Waals surface area contributed by atoms with Gasteiger partial charge in [0.1, 0.15) is 17.1 Å². The van der Waals surface area contributed by atoms with E-state index in [1.807, 2.05) is 38.0 Å². The van der Waals surface area contributed by atoms with Crippen molar-refractivity contribution in [2.75, 3.05) is 25.1 Å². The number of likely N-dealkylation sites (tertiary alicyclic amines) is 1. The molecule has 0 saturated carbocycles. The topological polar surface area (TPSA) is 41.0 Å². The van der Waals surface area contributed by atoms with E-state index in [0.717, 1.165) is 61.4 Å². The molecule has 5 nitrogen and oxygen atoms in total. The van der Waals surface area contributed by atoms with Gasteiger partial charge < -0.3 is 14.5 Å². The minimum atomic E-state index is -4.39. The number of halogens is 3. The van der Waals surface area contributed by atoms with E-state index in [-0.39, 0.29) is 6.04 Å². The van der Waals surface area contributed by atoms with Crippen molar-refractivity contribution in [2.24, 2.45) is 4.99 Å². The molecular formula is C29H33F3N4O. The highest BCUT2D eigenvalue weighted by Crippen LogP contribution is 2.39. The third-order valence-electron chi connectivity index (χ3n) is 6.60. The minimum absolute atomic E-state index is 0.0321. The zero-order chi connectivity index (χ0) is 27.0. The molecule has 1 saturated heterocycles. The summed E-state index contributed by atoms with van der Waals surface area (Å²) in [4.78, 5) is 13.1. The maximum atomic E-state index is 13.2. The van der Waals surface area contributed by atoms with Gasteiger partial charge in [0.05, 0.1) is 30.8 Å². The molecule has 0 unspecified atom stereocenters. The number of rotatable bonds is 8. The van der Waals surface area contributed by atoms with Crippen LogP contribution in [0, 0.1) is 12.3 Å². The SMILES string of the molecule is C#CC(/N=C/C(=C\C)N1CCC(N(c2ccc(C(F)(F)F)cc2)c2cnccc2OC)CC1)=C(/C)CC. The van der Waals surface area contributed by atoms with Crippen LogP contribution in [0.15, 0.2) is 70.8 Å². The van der Waals surface area contributed by atoms with Crippen LogP contribution in [0.3, 0.4) is 0 Å². The van der Waals surface area contributed by atoms with Gasteiger partial charge in [-0.05, 0) is 62.9 Å². The first-order valence-corrected chi connectivity index (χ1v) is 12.3. The van der Waals surface area contributed by atoms with Crippen molar-refractivity contribution in [3.05, 3.63) is 71.3 Å². The molecule has 0 atom stereocenters. The van der Waals surface area contributed by atoms with Gasteiger partial charge in [-0.25, -0.2) is 4.99 Å². The number of hydrogen-bond donors (Lipinski definition) is 0. The largest absolute Gasteiger partial charge is 0.494 e. The van der Waals surface area contributed by atoms with E-state index in [0.29, 0.717) is 17.1 Å². The number of methoxy groups -OCH3 is 1. The molecule has 0 amide bonds. The molecule has 3 rings (SSSR count). The molecule has 0 bridgehead atoms. The molecule has 37 heavy (non-hydrogen) atoms. The fourth-order valence-electron chi connectivity index (χ4n) is 4.37. The summed E-state index contributed by atoms with van der Waals surface area (Å²) in [5, 5.41) is 0. The summed E-state index contributed by atoms with van der Waals surface area (Å²) in [7, 11) is 1.57. The number of terminal acetylenes is 1. The number of hydrogen-bond acceptors (Lipinski definition) is 5. The highest BCUT2D eigenvalue weighted by molar-refractivity contribution is 5.79. The summed E-state index contributed by atoms with van der Waals surface area (Å²) in [5.74, 6) is 3.27. The molecule has 2 heterocycles. The normalized spacial score (nSPS) is 15.9. The quantitative estimate of drug-likeness (QED) is 0.283. The second-order valence-electron chi connectivity index (χ2n) is 8.78. The average molecular weight is 511 g/mol. The van der Waals surface area contributed by atoms with Crippen LogP contribution in [0.1, 0.15) is 45.6 Å². The standard InChI is InChI=1S/C29H33F3N4O/c1-6-21(4)26(8-3)34-19-23(7-2)35-17-14-25(15-18-35)36(27-20-33-16-13-28(27)37-5)24-11-9-22(10-12-24)29(30,31)32/h3,7,9-13,16,19-20,25H,6,14-15,17-18H2,1-2,4-5H3/b23-7+,26-21+,34-19+. The van der Waals surface area contributed by atoms with Crippen LogP contribution in [0.4, 0.5) is 24.5 Å². The fourth-order valence-corrected chi connectivity index (χ4v) is 4.37. The van der Waals surface area contributed by atoms with Crippen LogP contribution in [0.2, 0.25) is 0 Å². The smallest absolute Gasteiger partial charge is 0.416 e. The lowest BCUT2D eigenvalue weighted by Crippen LogP contribution is -2.43. The van der Waals surface area contributed by atoms with Crippen molar-refractivity contribution in [1.82, 2.24) is 9.88 Å². The Hall–Kier alpha value is -3.73. The Morgan fingerprint density at radius 3 is 2.46 bits per heavy atom. The number of aromatic nitrogens is 1. The Morgan fingerprint density at radius 1 is 1.24 bits per heavy atom. The maximum Gasteiger partial charge on any atom is 0.416 e. The van der Waals surface area contributed by atoms with Crippen molar-refractivity contribution in [2.45, 2.75) is 52.3 Å². The Bertz CT molecular complexity index is 1180. The molecular weight excluding hydrogens is 477 g/mol. The van der Waals surface area contributed by atoms with Gasteiger partial charge in [-0.1, -0.05) is 18.9 Å². The number of alkyl halides is 3. The number of piperidine rings is 1. The molecule has 0 N–H and O–H groups in total. The lowest BCUT2D eigenvalue weighted by Gasteiger charge is -2.41. The summed E-state index contributed by atoms with van der Waals surface area (Å²) in [5.41, 5.74) is 3.38. The van der Waals surface area contributed by atoms with Gasteiger partial charge in [-0.15, -0.1) is 6.42 Å². The van der Waals surface area contributed by atoms with Gasteiger partial charge in [0.25, 0.3) is 0 Å². The summed E-state index contributed by atoms with van der Waals surface area (Å²) in [6, 6.07) is 7.03. The summed E-state index contributed by atoms with van der Waals surface area (Å²) < 4.78 is 45.1. The second-order valence-corrected chi connectivity index (χ2v) is 8.78. The molecule has 1 aromatic heterocycles. The lowest BCUT2D eigenvalue weighted by molar-refractivity contribution is -0.137. The van der Waals surface area contributed by atoms with E-state index in [2.05, 4.69) is 20.8 Å². The Labute approximate surface area is 217 Å². The third kappa shape index (κ3) is 6.73. The Kier molecular flexibility index (Phi) is 9.40. The number of allylic oxidation sites excluding steroid dienone is 4. The Balaban J connectivity index is 1.86. The van der Waals surface area contributed by atoms with Crippen molar-refractivity contribution in [3.8, 4) is 18.1 Å². The fraction of sp³-hybridized carbons (Fsp3) is 0.379. The molecule has 0 aliphatic carbocycles. The lowest BCUT2D eigenvalue weighted by atomic mass is 10.00. The third-order valence-corrected chi connectivity index (χ3v) is 6.60. The van der Waals surface area contributed by atoms with Gasteiger partial charge in [-0.3, -0.25) is 4.98 Å². The van der Waals surface area contributed by atoms with Crippen LogP contribution in [-0.2, 0) is 6.18 Å². The number of benzene rings is 1. The monoisotopic (exact) mass is 510 g/mol. The molecule has 1 aromatic carbocycles. The predicted octanol–water partition coefficient (Wildman–Crippen LogP) is 7.00. The molecule has 0 spiro atoms. The van der Waals surface area contributed by atoms with Gasteiger partial charge in [0.15, 0.2) is 0 Å². The highest BCUT2D eigenvalue weighted by atomic mass is 19.4. The number of ether oxygens (including phenoxy) is 1. The van der Waals surface area contributed by atoms with Crippen LogP contribution < -0.4 is 9.64 Å². The van der Waals surface area contributed by atoms with E-state index >= 15 is 0 Å². The molecule has 1 fully saturated rings. The second kappa shape index (κ2) is 12.5. The van der Waals surface area contributed by atoms with Crippen molar-refractivity contribution in [1.29, 1.82) is 0 Å². The van der Waals surface area contributed by atoms with Crippen LogP contribution in [0.5, 0.6) is 5.75 Å². The first-order chi connectivity index (χ1) is 17.7. The highest BCUT2D eigenvalue weighted by Gasteiger charge is 2.32. The summed E-state index contributed by atoms with van der Waals surface area (Å²) in [6.07, 6.45) is 10.8. The van der Waals surface area contributed by atoms with E-state index in [4.69, 9.17) is 11.2 Å². The van der Waals surface area contributed by atoms with Gasteiger partial charge in [-0.2, -0.15) is 13.2 Å². The zero-order valence-electron chi connectivity index (χ0n) is 21.7. The molecule has 1 aliphatic rings. The van der Waals surface area contributed by atoms with E-state index < -0.39 is 11.7 Å². The van der Waals surface area contributed by atoms with Gasteiger partial charge in [0, 0.05) is 37.1 Å². The molecule has 1 aliphatic heterocycles. The molecule has 0 radical (unpaired) electrons. The predicted molar refractivity (Wildman–Crippen MR) is 143 cm³/mol. The van der Waals surface area contributed by atoms with Crippen molar-refractivity contribution >= 4 is 17.6 Å². The van der Waals surface area contributed by atoms with Crippen molar-refractivity contribution in [3.63, 3.8) is 0 Å². The van der Waals surface area contributed by atoms with Crippen LogP contribution >= 0.6 is 0 Å². The number of nitrogens with zero attached hydrogens (tertiary/aromatic N) is 4. The number of aliphatic imine (C=N–C) groups is 1. The van der Waals surface area contributed by atoms with Gasteiger partial charge >= 0.3 is 6.18 Å². The van der Waals surface area contributed by atoms with E-state index in [9.17, 15) is 13.2 Å². The number of pyridine rings is 1. The Morgan fingerprint density at radius 2 is 1.92 bits per heavy atom. The molecule has 2 aromatic rings. The van der Waals surface area contributed by atoms with Crippen LogP contribution in [-0.4, -0.2) is 42.3 Å². The number of anilines is 2. The maximum absolute atomic E-state index is 13.2. The molecule has 8 heteroatoms. The zero-order valence-corrected chi connectivity index (χ0v) is 21.7. The summed E-state index contributed by atoms with van der Waals surface area (Å²) in [6.45, 7) is 7.49. The summed E-state index contributed by atoms with van der Waals surface area (Å²) >= 11 is 0. The first-order valence-electron chi connectivity index (χ1n) is 12.3. The van der Waals surface area contributed by atoms with Gasteiger partial charge in [0.2, 0.25) is 0 Å². The first kappa shape index (κ1) is 27.9. The molecule has 196 valence electrons. The van der Waals surface area contributed by atoms with Crippen molar-refractivity contribution < 1.29 is 17.9 Å².